The van der Waals surface area contributed by atoms with E-state index in [0.29, 0.717) is 30.7 Å². The summed E-state index contributed by atoms with van der Waals surface area (Å²) in [5.74, 6) is -1.35. The van der Waals surface area contributed by atoms with E-state index in [0.717, 1.165) is 25.5 Å². The van der Waals surface area contributed by atoms with Crippen molar-refractivity contribution < 1.29 is 14.7 Å². The number of Topliss-reactive ketones (excluding diaryl/α,β-unsaturated/α-hetero) is 1. The number of carboxylic acid groups (broad SMARTS) is 1. The third kappa shape index (κ3) is 6.97. The minimum absolute atomic E-state index is 0.00225. The van der Waals surface area contributed by atoms with Gasteiger partial charge in [-0.25, -0.2) is 19.1 Å². The second kappa shape index (κ2) is 15.4. The van der Waals surface area contributed by atoms with Gasteiger partial charge < -0.3 is 16.6 Å². The Bertz CT molecular complexity index is 2210. The number of nitrogen functional groups attached to an aromatic ring is 2. The molecule has 0 unspecified atom stereocenters. The predicted octanol–water partition coefficient (Wildman–Crippen LogP) is 5.55. The molecular weight excluding hydrogens is 682 g/mol. The zero-order valence-electron chi connectivity index (χ0n) is 30.0. The Labute approximate surface area is 303 Å². The van der Waals surface area contributed by atoms with Crippen LogP contribution in [0.3, 0.4) is 0 Å². The van der Waals surface area contributed by atoms with Gasteiger partial charge in [-0.15, -0.1) is 20.5 Å². The minimum Gasteiger partial charge on any atom is -0.477 e. The molecule has 5 heterocycles. The van der Waals surface area contributed by atoms with Crippen LogP contribution >= 0.6 is 0 Å². The van der Waals surface area contributed by atoms with E-state index in [1.54, 1.807) is 14.0 Å². The van der Waals surface area contributed by atoms with Gasteiger partial charge in [-0.3, -0.25) is 4.79 Å². The first-order chi connectivity index (χ1) is 25.4. The Morgan fingerprint density at radius 1 is 0.792 bits per heavy atom. The highest BCUT2D eigenvalue weighted by atomic mass is 16.4. The number of hydrogen-bond acceptors (Lipinski definition) is 15. The summed E-state index contributed by atoms with van der Waals surface area (Å²) in [6.45, 7) is 7.00. The van der Waals surface area contributed by atoms with Crippen LogP contribution in [0.2, 0.25) is 0 Å². The standard InChI is InChI=1S/C33H37N17O3/c1-7-9-11-23-25(41-43-31-21(18(4)51)15-38-47(31)5)27(36)49(45-23)29-19(13-34)17(3)20(14-35)30(40-29)50-28(37)26(24(46-50)12-10-8-2)42-44-32-22(33(52)53)16-39-48(32)6/h15-16H,7-12,36-37H2,1-6H3,(H,52,53). The number of azo groups is 2. The fourth-order valence-electron chi connectivity index (χ4n) is 5.45. The third-order valence-corrected chi connectivity index (χ3v) is 8.41. The van der Waals surface area contributed by atoms with E-state index in [2.05, 4.69) is 47.9 Å². The van der Waals surface area contributed by atoms with Crippen LogP contribution in [-0.2, 0) is 26.9 Å². The first-order valence-electron chi connectivity index (χ1n) is 16.6. The number of aryl methyl sites for hydroxylation is 4. The smallest absolute Gasteiger partial charge is 0.341 e. The Morgan fingerprint density at radius 2 is 1.23 bits per heavy atom. The summed E-state index contributed by atoms with van der Waals surface area (Å²) < 4.78 is 5.18. The lowest BCUT2D eigenvalue weighted by Gasteiger charge is -2.14. The molecule has 0 aliphatic rings. The average Bonchev–Trinajstić information content (AvgIpc) is 3.87. The molecule has 0 fully saturated rings. The fourth-order valence-corrected chi connectivity index (χ4v) is 5.45. The number of carbonyl (C=O) groups is 2. The van der Waals surface area contributed by atoms with Crippen LogP contribution in [0.4, 0.5) is 34.6 Å². The SMILES string of the molecule is CCCCc1nn(-c2nc(-n3nc(CCCC)c(N=Nc4c(C(=O)O)cnn4C)c3N)c(C#N)c(C)c2C#N)c(N)c1N=Nc1c(C(C)=O)cnn1C. The van der Waals surface area contributed by atoms with Crippen LogP contribution in [0, 0.1) is 29.6 Å². The molecule has 0 saturated carbocycles. The van der Waals surface area contributed by atoms with Gasteiger partial charge in [-0.2, -0.15) is 40.3 Å². The monoisotopic (exact) mass is 719 g/mol. The van der Waals surface area contributed by atoms with Gasteiger partial charge in [-0.1, -0.05) is 26.7 Å². The maximum absolute atomic E-state index is 12.2. The number of unbranched alkanes of at least 4 members (excludes halogenated alkanes) is 2. The van der Waals surface area contributed by atoms with Crippen LogP contribution in [-0.4, -0.2) is 61.0 Å². The number of aromatic nitrogens is 9. The van der Waals surface area contributed by atoms with Crippen LogP contribution < -0.4 is 11.5 Å². The van der Waals surface area contributed by atoms with Crippen molar-refractivity contribution in [1.82, 2.24) is 44.1 Å². The summed E-state index contributed by atoms with van der Waals surface area (Å²) in [5, 5.41) is 64.9. The molecule has 20 heteroatoms. The van der Waals surface area contributed by atoms with Crippen molar-refractivity contribution >= 4 is 46.4 Å². The predicted molar refractivity (Wildman–Crippen MR) is 190 cm³/mol. The highest BCUT2D eigenvalue weighted by Crippen LogP contribution is 2.37. The Balaban J connectivity index is 1.72. The lowest BCUT2D eigenvalue weighted by atomic mass is 10.1. The summed E-state index contributed by atoms with van der Waals surface area (Å²) in [4.78, 5) is 28.7. The molecule has 0 aromatic carbocycles. The molecule has 0 amide bonds. The molecule has 0 bridgehead atoms. The molecule has 0 atom stereocenters. The number of carboxylic acids is 1. The van der Waals surface area contributed by atoms with Gasteiger partial charge >= 0.3 is 5.97 Å². The molecule has 0 saturated heterocycles. The normalized spacial score (nSPS) is 11.5. The number of ketones is 1. The van der Waals surface area contributed by atoms with Gasteiger partial charge in [0.2, 0.25) is 0 Å². The average molecular weight is 720 g/mol. The van der Waals surface area contributed by atoms with Gasteiger partial charge in [0.25, 0.3) is 0 Å². The van der Waals surface area contributed by atoms with Crippen LogP contribution in [0.1, 0.15) is 95.2 Å². The van der Waals surface area contributed by atoms with E-state index in [1.807, 2.05) is 13.8 Å². The van der Waals surface area contributed by atoms with Crippen LogP contribution in [0.5, 0.6) is 0 Å². The summed E-state index contributed by atoms with van der Waals surface area (Å²) in [6.07, 6.45) is 6.52. The third-order valence-electron chi connectivity index (χ3n) is 8.41. The largest absolute Gasteiger partial charge is 0.477 e. The second-order valence-corrected chi connectivity index (χ2v) is 12.0. The first kappa shape index (κ1) is 37.2. The Kier molecular flexibility index (Phi) is 10.8. The first-order valence-corrected chi connectivity index (χ1v) is 16.6. The van der Waals surface area contributed by atoms with Gasteiger partial charge in [0.1, 0.15) is 28.8 Å². The number of rotatable bonds is 14. The van der Waals surface area contributed by atoms with E-state index in [-0.39, 0.29) is 79.9 Å². The number of aromatic carboxylic acids is 1. The number of nitrogens with zero attached hydrogens (tertiary/aromatic N) is 15. The van der Waals surface area contributed by atoms with Crippen molar-refractivity contribution in [3.63, 3.8) is 0 Å². The van der Waals surface area contributed by atoms with Crippen molar-refractivity contribution in [2.75, 3.05) is 11.5 Å². The van der Waals surface area contributed by atoms with E-state index in [4.69, 9.17) is 21.5 Å². The van der Waals surface area contributed by atoms with Crippen LogP contribution in [0.25, 0.3) is 11.6 Å². The van der Waals surface area contributed by atoms with Crippen molar-refractivity contribution in [1.29, 1.82) is 10.5 Å². The maximum atomic E-state index is 12.2. The molecule has 5 N–H and O–H groups in total. The number of carbonyl (C=O) groups excluding carboxylic acids is 1. The van der Waals surface area contributed by atoms with E-state index < -0.39 is 5.97 Å². The molecule has 0 radical (unpaired) electrons. The number of nitriles is 2. The van der Waals surface area contributed by atoms with Crippen molar-refractivity contribution in [3.05, 3.63) is 51.6 Å². The van der Waals surface area contributed by atoms with E-state index in [1.165, 1.54) is 38.9 Å². The molecule has 0 aliphatic heterocycles. The van der Waals surface area contributed by atoms with Crippen molar-refractivity contribution in [2.45, 2.75) is 66.2 Å². The van der Waals surface area contributed by atoms with Crippen LogP contribution in [0.15, 0.2) is 32.9 Å². The van der Waals surface area contributed by atoms with Gasteiger partial charge in [0, 0.05) is 14.1 Å². The van der Waals surface area contributed by atoms with Gasteiger partial charge in [0.05, 0.1) is 29.3 Å². The molecular formula is C33H37N17O3. The number of nitrogens with two attached hydrogens (primary N) is 2. The molecule has 5 aromatic rings. The lowest BCUT2D eigenvalue weighted by molar-refractivity contribution is 0.0697. The van der Waals surface area contributed by atoms with Gasteiger partial charge in [0.15, 0.2) is 52.1 Å². The second-order valence-electron chi connectivity index (χ2n) is 12.0. The van der Waals surface area contributed by atoms with Gasteiger partial charge in [-0.05, 0) is 45.1 Å². The topological polar surface area (TPSA) is 288 Å². The Morgan fingerprint density at radius 3 is 1.62 bits per heavy atom. The highest BCUT2D eigenvalue weighted by Gasteiger charge is 2.28. The molecule has 0 spiro atoms. The van der Waals surface area contributed by atoms with E-state index in [9.17, 15) is 25.2 Å². The quantitative estimate of drug-likeness (QED) is 0.0940. The summed E-state index contributed by atoms with van der Waals surface area (Å²) in [5.41, 5.74) is 15.0. The molecule has 0 aliphatic carbocycles. The fraction of sp³-hybridized carbons (Fsp3) is 0.364. The summed E-state index contributed by atoms with van der Waals surface area (Å²) >= 11 is 0. The maximum Gasteiger partial charge on any atom is 0.341 e. The summed E-state index contributed by atoms with van der Waals surface area (Å²) in [7, 11) is 3.16. The summed E-state index contributed by atoms with van der Waals surface area (Å²) in [6, 6.07) is 4.25. The zero-order valence-corrected chi connectivity index (χ0v) is 30.0. The van der Waals surface area contributed by atoms with E-state index >= 15 is 0 Å². The molecule has 5 aromatic heterocycles. The molecule has 272 valence electrons. The Hall–Kier alpha value is -7.09. The molecule has 20 nitrogen and oxygen atoms in total. The van der Waals surface area contributed by atoms with Crippen molar-refractivity contribution in [3.8, 4) is 23.8 Å². The number of pyridine rings is 1. The molecule has 5 rings (SSSR count). The molecule has 53 heavy (non-hydrogen) atoms. The lowest BCUT2D eigenvalue weighted by Crippen LogP contribution is -2.15. The number of hydrogen-bond donors (Lipinski definition) is 3. The minimum atomic E-state index is -1.23. The van der Waals surface area contributed by atoms with Crippen molar-refractivity contribution in [2.24, 2.45) is 34.6 Å². The number of anilines is 2. The highest BCUT2D eigenvalue weighted by molar-refractivity contribution is 5.98. The zero-order chi connectivity index (χ0) is 38.6.